The molecule has 0 atom stereocenters. The fourth-order valence-corrected chi connectivity index (χ4v) is 1.62. The Morgan fingerprint density at radius 2 is 2.08 bits per heavy atom. The van der Waals surface area contributed by atoms with Crippen LogP contribution in [0, 0.1) is 0 Å². The summed E-state index contributed by atoms with van der Waals surface area (Å²) in [6.07, 6.45) is 1.68. The Morgan fingerprint density at radius 1 is 1.42 bits per heavy atom. The quantitative estimate of drug-likeness (QED) is 0.534. The highest BCUT2D eigenvalue weighted by Gasteiger charge is 2.12. The Labute approximate surface area is 76.8 Å². The van der Waals surface area contributed by atoms with Gasteiger partial charge >= 0.3 is 0 Å². The Bertz CT molecular complexity index is 267. The van der Waals surface area contributed by atoms with Crippen LogP contribution in [-0.4, -0.2) is 14.7 Å². The van der Waals surface area contributed by atoms with Gasteiger partial charge in [0.15, 0.2) is 0 Å². The molecule has 0 bridgehead atoms. The Morgan fingerprint density at radius 3 is 2.58 bits per heavy atom. The van der Waals surface area contributed by atoms with E-state index in [2.05, 4.69) is 30.7 Å². The predicted octanol–water partition coefficient (Wildman–Crippen LogP) is 1.95. The highest BCUT2D eigenvalue weighted by Crippen LogP contribution is 2.29. The van der Waals surface area contributed by atoms with Gasteiger partial charge in [0.1, 0.15) is 5.03 Å². The van der Waals surface area contributed by atoms with Gasteiger partial charge in [-0.25, -0.2) is 9.97 Å². The van der Waals surface area contributed by atoms with Crippen LogP contribution in [0.2, 0.25) is 0 Å². The molecular weight excluding hydrogens is 170 g/mol. The molecule has 4 heteroatoms. The van der Waals surface area contributed by atoms with Gasteiger partial charge in [-0.3, -0.25) is 0 Å². The minimum atomic E-state index is 0.167. The highest BCUT2D eigenvalue weighted by molar-refractivity contribution is 8.00. The maximum Gasteiger partial charge on any atom is 0.221 e. The van der Waals surface area contributed by atoms with Crippen molar-refractivity contribution in [3.05, 3.63) is 12.3 Å². The second-order valence-corrected chi connectivity index (χ2v) is 5.31. The molecule has 0 amide bonds. The van der Waals surface area contributed by atoms with Gasteiger partial charge in [-0.2, -0.15) is 0 Å². The number of anilines is 1. The number of rotatable bonds is 1. The van der Waals surface area contributed by atoms with Gasteiger partial charge in [-0.15, -0.1) is 11.8 Å². The van der Waals surface area contributed by atoms with E-state index in [1.54, 1.807) is 18.0 Å². The van der Waals surface area contributed by atoms with E-state index in [0.717, 1.165) is 5.03 Å². The fourth-order valence-electron chi connectivity index (χ4n) is 0.727. The zero-order chi connectivity index (χ0) is 9.19. The molecule has 1 aromatic rings. The van der Waals surface area contributed by atoms with E-state index >= 15 is 0 Å². The van der Waals surface area contributed by atoms with Crippen molar-refractivity contribution in [2.24, 2.45) is 0 Å². The van der Waals surface area contributed by atoms with Gasteiger partial charge < -0.3 is 5.73 Å². The molecule has 1 rings (SSSR count). The van der Waals surface area contributed by atoms with Crippen molar-refractivity contribution in [2.75, 3.05) is 5.73 Å². The van der Waals surface area contributed by atoms with Crippen molar-refractivity contribution in [3.8, 4) is 0 Å². The molecule has 1 heterocycles. The summed E-state index contributed by atoms with van der Waals surface area (Å²) in [4.78, 5) is 7.91. The van der Waals surface area contributed by atoms with Crippen LogP contribution in [0.1, 0.15) is 20.8 Å². The molecule has 1 aromatic heterocycles. The Balaban J connectivity index is 2.77. The molecule has 0 aliphatic heterocycles. The number of nitrogens with two attached hydrogens (primary N) is 1. The first-order valence-electron chi connectivity index (χ1n) is 3.75. The monoisotopic (exact) mass is 183 g/mol. The second kappa shape index (κ2) is 3.31. The Hall–Kier alpha value is -0.770. The molecule has 0 radical (unpaired) electrons. The molecule has 0 spiro atoms. The summed E-state index contributed by atoms with van der Waals surface area (Å²) in [7, 11) is 0. The van der Waals surface area contributed by atoms with Gasteiger partial charge in [-0.05, 0) is 6.07 Å². The Kier molecular flexibility index (Phi) is 2.57. The fraction of sp³-hybridized carbons (Fsp3) is 0.500. The number of nitrogen functional groups attached to an aromatic ring is 1. The van der Waals surface area contributed by atoms with Crippen LogP contribution in [0.3, 0.4) is 0 Å². The van der Waals surface area contributed by atoms with E-state index in [4.69, 9.17) is 5.73 Å². The number of hydrogen-bond acceptors (Lipinski definition) is 4. The SMILES string of the molecule is CC(C)(C)Sc1ccnc(N)n1. The molecule has 2 N–H and O–H groups in total. The van der Waals surface area contributed by atoms with Crippen molar-refractivity contribution >= 4 is 17.7 Å². The van der Waals surface area contributed by atoms with E-state index in [1.807, 2.05) is 6.07 Å². The molecule has 12 heavy (non-hydrogen) atoms. The smallest absolute Gasteiger partial charge is 0.221 e. The predicted molar refractivity (Wildman–Crippen MR) is 52.1 cm³/mol. The number of nitrogens with zero attached hydrogens (tertiary/aromatic N) is 2. The molecule has 0 aliphatic rings. The highest BCUT2D eigenvalue weighted by atomic mass is 32.2. The number of hydrogen-bond donors (Lipinski definition) is 1. The van der Waals surface area contributed by atoms with Crippen molar-refractivity contribution in [3.63, 3.8) is 0 Å². The molecule has 0 aliphatic carbocycles. The molecule has 0 saturated carbocycles. The summed E-state index contributed by atoms with van der Waals surface area (Å²) >= 11 is 1.68. The van der Waals surface area contributed by atoms with Gasteiger partial charge in [-0.1, -0.05) is 20.8 Å². The third kappa shape index (κ3) is 3.09. The molecular formula is C8H13N3S. The van der Waals surface area contributed by atoms with Crippen LogP contribution in [0.5, 0.6) is 0 Å². The van der Waals surface area contributed by atoms with Crippen molar-refractivity contribution in [2.45, 2.75) is 30.5 Å². The molecule has 0 fully saturated rings. The van der Waals surface area contributed by atoms with Gasteiger partial charge in [0.2, 0.25) is 5.95 Å². The number of thioether (sulfide) groups is 1. The van der Waals surface area contributed by atoms with E-state index < -0.39 is 0 Å². The van der Waals surface area contributed by atoms with Crippen molar-refractivity contribution in [1.29, 1.82) is 0 Å². The van der Waals surface area contributed by atoms with Crippen LogP contribution >= 0.6 is 11.8 Å². The topological polar surface area (TPSA) is 51.8 Å². The van der Waals surface area contributed by atoms with Crippen molar-refractivity contribution in [1.82, 2.24) is 9.97 Å². The van der Waals surface area contributed by atoms with Crippen molar-refractivity contribution < 1.29 is 0 Å². The minimum Gasteiger partial charge on any atom is -0.368 e. The van der Waals surface area contributed by atoms with E-state index in [0.29, 0.717) is 5.95 Å². The minimum absolute atomic E-state index is 0.167. The van der Waals surface area contributed by atoms with Gasteiger partial charge in [0.25, 0.3) is 0 Å². The van der Waals surface area contributed by atoms with E-state index in [-0.39, 0.29) is 4.75 Å². The first kappa shape index (κ1) is 9.32. The lowest BCUT2D eigenvalue weighted by Gasteiger charge is -2.16. The molecule has 0 saturated heterocycles. The maximum atomic E-state index is 5.44. The zero-order valence-corrected chi connectivity index (χ0v) is 8.35. The molecule has 0 aromatic carbocycles. The van der Waals surface area contributed by atoms with Crippen LogP contribution in [0.15, 0.2) is 17.3 Å². The largest absolute Gasteiger partial charge is 0.368 e. The maximum absolute atomic E-state index is 5.44. The van der Waals surface area contributed by atoms with Crippen LogP contribution in [0.4, 0.5) is 5.95 Å². The van der Waals surface area contributed by atoms with Crippen LogP contribution in [0.25, 0.3) is 0 Å². The normalized spacial score (nSPS) is 11.6. The average molecular weight is 183 g/mol. The van der Waals surface area contributed by atoms with Crippen LogP contribution < -0.4 is 5.73 Å². The summed E-state index contributed by atoms with van der Waals surface area (Å²) < 4.78 is 0.167. The lowest BCUT2D eigenvalue weighted by Crippen LogP contribution is -2.07. The molecule has 66 valence electrons. The second-order valence-electron chi connectivity index (χ2n) is 3.47. The lowest BCUT2D eigenvalue weighted by atomic mass is 10.3. The van der Waals surface area contributed by atoms with E-state index in [9.17, 15) is 0 Å². The summed E-state index contributed by atoms with van der Waals surface area (Å²) in [5.41, 5.74) is 5.44. The average Bonchev–Trinajstić information content (AvgIpc) is 1.82. The summed E-state index contributed by atoms with van der Waals surface area (Å²) in [5, 5.41) is 0.926. The van der Waals surface area contributed by atoms with E-state index in [1.165, 1.54) is 0 Å². The molecule has 3 nitrogen and oxygen atoms in total. The third-order valence-corrected chi connectivity index (χ3v) is 2.11. The summed E-state index contributed by atoms with van der Waals surface area (Å²) in [6, 6.07) is 1.87. The zero-order valence-electron chi connectivity index (χ0n) is 7.53. The first-order valence-corrected chi connectivity index (χ1v) is 4.56. The van der Waals surface area contributed by atoms with Crippen LogP contribution in [-0.2, 0) is 0 Å². The first-order chi connectivity index (χ1) is 5.47. The summed E-state index contributed by atoms with van der Waals surface area (Å²) in [6.45, 7) is 6.40. The lowest BCUT2D eigenvalue weighted by molar-refractivity contribution is 0.799. The van der Waals surface area contributed by atoms with Gasteiger partial charge in [0.05, 0.1) is 0 Å². The summed E-state index contributed by atoms with van der Waals surface area (Å²) in [5.74, 6) is 0.337. The molecule has 0 unspecified atom stereocenters. The third-order valence-electron chi connectivity index (χ3n) is 1.06. The standard InChI is InChI=1S/C8H13N3S/c1-8(2,3)12-6-4-5-10-7(9)11-6/h4-5H,1-3H3,(H2,9,10,11). The number of aromatic nitrogens is 2. The van der Waals surface area contributed by atoms with Gasteiger partial charge in [0, 0.05) is 10.9 Å².